The van der Waals surface area contributed by atoms with Crippen LogP contribution in [-0.4, -0.2) is 5.88 Å². The molecule has 0 fully saturated rings. The van der Waals surface area contributed by atoms with Crippen LogP contribution in [0.3, 0.4) is 0 Å². The van der Waals surface area contributed by atoms with E-state index in [1.165, 1.54) is 11.1 Å². The first-order chi connectivity index (χ1) is 4.16. The van der Waals surface area contributed by atoms with Gasteiger partial charge in [0.25, 0.3) is 0 Å². The van der Waals surface area contributed by atoms with Crippen LogP contribution in [0.2, 0.25) is 0 Å². The second-order valence-corrected chi connectivity index (χ2v) is 2.61. The maximum atomic E-state index is 5.54. The van der Waals surface area contributed by atoms with Crippen molar-refractivity contribution in [1.82, 2.24) is 0 Å². The number of allylic oxidation sites excluding steroid dienone is 3. The predicted molar refractivity (Wildman–Crippen MR) is 43.9 cm³/mol. The number of alkyl halides is 1. The Kier molecular flexibility index (Phi) is 4.51. The van der Waals surface area contributed by atoms with Crippen molar-refractivity contribution in [3.8, 4) is 0 Å². The van der Waals surface area contributed by atoms with Gasteiger partial charge >= 0.3 is 0 Å². The van der Waals surface area contributed by atoms with Gasteiger partial charge in [0, 0.05) is 5.88 Å². The van der Waals surface area contributed by atoms with Crippen LogP contribution >= 0.6 is 11.6 Å². The minimum Gasteiger partial charge on any atom is -0.122 e. The Morgan fingerprint density at radius 1 is 1.56 bits per heavy atom. The third kappa shape index (κ3) is 5.64. The molecule has 0 N–H and O–H groups in total. The van der Waals surface area contributed by atoms with Crippen molar-refractivity contribution in [1.29, 1.82) is 0 Å². The molecule has 0 nitrogen and oxygen atoms in total. The van der Waals surface area contributed by atoms with E-state index in [2.05, 4.69) is 12.7 Å². The molecule has 0 aromatic rings. The quantitative estimate of drug-likeness (QED) is 0.422. The fourth-order valence-corrected chi connectivity index (χ4v) is 0.512. The minimum absolute atomic E-state index is 0.632. The SMILES string of the molecule is C=C(C)C/C=C(\C)CCl. The molecule has 0 aromatic heterocycles. The van der Waals surface area contributed by atoms with Gasteiger partial charge in [0.1, 0.15) is 0 Å². The van der Waals surface area contributed by atoms with Crippen LogP contribution in [0, 0.1) is 0 Å². The first-order valence-corrected chi connectivity index (χ1v) is 3.56. The zero-order chi connectivity index (χ0) is 7.28. The highest BCUT2D eigenvalue weighted by Crippen LogP contribution is 2.02. The Labute approximate surface area is 62.2 Å². The standard InChI is InChI=1S/C8H13Cl/c1-7(2)4-5-8(3)6-9/h5H,1,4,6H2,2-3H3/b8-5+. The van der Waals surface area contributed by atoms with Gasteiger partial charge in [0.05, 0.1) is 0 Å². The van der Waals surface area contributed by atoms with E-state index in [0.717, 1.165) is 6.42 Å². The molecular formula is C8H13Cl. The lowest BCUT2D eigenvalue weighted by molar-refractivity contribution is 1.19. The lowest BCUT2D eigenvalue weighted by atomic mass is 10.2. The molecule has 0 atom stereocenters. The average Bonchev–Trinajstić information content (AvgIpc) is 1.83. The maximum absolute atomic E-state index is 5.54. The summed E-state index contributed by atoms with van der Waals surface area (Å²) in [6.45, 7) is 7.81. The highest BCUT2D eigenvalue weighted by atomic mass is 35.5. The molecule has 0 aliphatic heterocycles. The smallest absolute Gasteiger partial charge is 0.0430 e. The van der Waals surface area contributed by atoms with E-state index in [9.17, 15) is 0 Å². The first kappa shape index (κ1) is 8.77. The number of halogens is 1. The predicted octanol–water partition coefficient (Wildman–Crippen LogP) is 3.14. The van der Waals surface area contributed by atoms with Crippen molar-refractivity contribution in [3.63, 3.8) is 0 Å². The molecule has 0 rings (SSSR count). The van der Waals surface area contributed by atoms with Gasteiger partial charge in [-0.3, -0.25) is 0 Å². The summed E-state index contributed by atoms with van der Waals surface area (Å²) in [5, 5.41) is 0. The summed E-state index contributed by atoms with van der Waals surface area (Å²) in [5.41, 5.74) is 2.40. The Balaban J connectivity index is 3.56. The Morgan fingerprint density at radius 2 is 2.11 bits per heavy atom. The summed E-state index contributed by atoms with van der Waals surface area (Å²) in [6, 6.07) is 0. The Bertz CT molecular complexity index is 123. The molecule has 0 unspecified atom stereocenters. The van der Waals surface area contributed by atoms with Gasteiger partial charge in [-0.05, 0) is 20.3 Å². The van der Waals surface area contributed by atoms with Gasteiger partial charge in [-0.15, -0.1) is 11.6 Å². The molecule has 52 valence electrons. The number of hydrogen-bond donors (Lipinski definition) is 0. The van der Waals surface area contributed by atoms with Crippen molar-refractivity contribution in [3.05, 3.63) is 23.8 Å². The number of hydrogen-bond acceptors (Lipinski definition) is 0. The average molecular weight is 145 g/mol. The second kappa shape index (κ2) is 4.63. The molecular weight excluding hydrogens is 132 g/mol. The molecule has 0 saturated carbocycles. The Hall–Kier alpha value is -0.230. The summed E-state index contributed by atoms with van der Waals surface area (Å²) in [5.74, 6) is 0.632. The maximum Gasteiger partial charge on any atom is 0.0430 e. The molecule has 0 saturated heterocycles. The number of rotatable bonds is 3. The van der Waals surface area contributed by atoms with Crippen LogP contribution in [0.25, 0.3) is 0 Å². The lowest BCUT2D eigenvalue weighted by Gasteiger charge is -1.93. The van der Waals surface area contributed by atoms with Crippen molar-refractivity contribution >= 4 is 11.6 Å². The summed E-state index contributed by atoms with van der Waals surface area (Å²) in [6.07, 6.45) is 3.06. The molecule has 0 aliphatic carbocycles. The largest absolute Gasteiger partial charge is 0.122 e. The summed E-state index contributed by atoms with van der Waals surface area (Å²) in [7, 11) is 0. The third-order valence-corrected chi connectivity index (χ3v) is 1.43. The van der Waals surface area contributed by atoms with Gasteiger partial charge in [-0.2, -0.15) is 0 Å². The van der Waals surface area contributed by atoms with Crippen LogP contribution < -0.4 is 0 Å². The monoisotopic (exact) mass is 144 g/mol. The van der Waals surface area contributed by atoms with Gasteiger partial charge in [0.2, 0.25) is 0 Å². The lowest BCUT2D eigenvalue weighted by Crippen LogP contribution is -1.76. The molecule has 0 aliphatic rings. The fourth-order valence-electron chi connectivity index (χ4n) is 0.403. The summed E-state index contributed by atoms with van der Waals surface area (Å²) >= 11 is 5.54. The van der Waals surface area contributed by atoms with E-state index in [1.54, 1.807) is 0 Å². The topological polar surface area (TPSA) is 0 Å². The second-order valence-electron chi connectivity index (χ2n) is 2.35. The van der Waals surface area contributed by atoms with Crippen LogP contribution in [0.5, 0.6) is 0 Å². The van der Waals surface area contributed by atoms with Crippen LogP contribution in [0.15, 0.2) is 23.8 Å². The van der Waals surface area contributed by atoms with Crippen LogP contribution in [0.4, 0.5) is 0 Å². The molecule has 1 heteroatoms. The van der Waals surface area contributed by atoms with Crippen molar-refractivity contribution < 1.29 is 0 Å². The van der Waals surface area contributed by atoms with Crippen LogP contribution in [-0.2, 0) is 0 Å². The molecule has 0 heterocycles. The summed E-state index contributed by atoms with van der Waals surface area (Å²) < 4.78 is 0. The minimum atomic E-state index is 0.632. The first-order valence-electron chi connectivity index (χ1n) is 3.02. The molecule has 0 bridgehead atoms. The van der Waals surface area contributed by atoms with E-state index in [4.69, 9.17) is 11.6 Å². The normalized spacial score (nSPS) is 11.7. The third-order valence-electron chi connectivity index (χ3n) is 1.01. The van der Waals surface area contributed by atoms with E-state index in [-0.39, 0.29) is 0 Å². The highest BCUT2D eigenvalue weighted by molar-refractivity contribution is 6.19. The van der Waals surface area contributed by atoms with E-state index in [0.29, 0.717) is 5.88 Å². The van der Waals surface area contributed by atoms with E-state index >= 15 is 0 Å². The highest BCUT2D eigenvalue weighted by Gasteiger charge is 1.84. The fraction of sp³-hybridized carbons (Fsp3) is 0.500. The van der Waals surface area contributed by atoms with Crippen molar-refractivity contribution in [2.75, 3.05) is 5.88 Å². The van der Waals surface area contributed by atoms with Crippen molar-refractivity contribution in [2.24, 2.45) is 0 Å². The summed E-state index contributed by atoms with van der Waals surface area (Å²) in [4.78, 5) is 0. The van der Waals surface area contributed by atoms with Crippen LogP contribution in [0.1, 0.15) is 20.3 Å². The van der Waals surface area contributed by atoms with Gasteiger partial charge in [0.15, 0.2) is 0 Å². The van der Waals surface area contributed by atoms with Gasteiger partial charge < -0.3 is 0 Å². The zero-order valence-electron chi connectivity index (χ0n) is 6.08. The molecule has 0 spiro atoms. The van der Waals surface area contributed by atoms with Gasteiger partial charge in [-0.25, -0.2) is 0 Å². The molecule has 0 radical (unpaired) electrons. The zero-order valence-corrected chi connectivity index (χ0v) is 6.83. The Morgan fingerprint density at radius 3 is 2.44 bits per heavy atom. The molecule has 9 heavy (non-hydrogen) atoms. The van der Waals surface area contributed by atoms with Crippen molar-refractivity contribution in [2.45, 2.75) is 20.3 Å². The van der Waals surface area contributed by atoms with E-state index in [1.807, 2.05) is 13.8 Å². The van der Waals surface area contributed by atoms with Gasteiger partial charge in [-0.1, -0.05) is 23.8 Å². The van der Waals surface area contributed by atoms with E-state index < -0.39 is 0 Å². The molecule has 0 amide bonds. The molecule has 0 aromatic carbocycles.